The minimum absolute atomic E-state index is 0.0897. The smallest absolute Gasteiger partial charge is 0.271 e. The summed E-state index contributed by atoms with van der Waals surface area (Å²) in [6.07, 6.45) is 1.20. The standard InChI is InChI=1S/C17H26N4O6S/c1-3-16(17(22)18-7-8-19-9-11-27-12-10-19)20(28(2,25)26)14-5-4-6-15(13-14)21(23)24/h4-6,13,16H,3,7-12H2,1-2H3,(H,18,22)/t16-/m1/s1. The Balaban J connectivity index is 2.14. The van der Waals surface area contributed by atoms with Gasteiger partial charge in [-0.25, -0.2) is 8.42 Å². The molecular formula is C17H26N4O6S. The number of nitro benzene ring substituents is 1. The lowest BCUT2D eigenvalue weighted by molar-refractivity contribution is -0.384. The number of nitrogens with zero attached hydrogens (tertiary/aromatic N) is 3. The van der Waals surface area contributed by atoms with Gasteiger partial charge in [0.05, 0.1) is 30.1 Å². The normalized spacial score (nSPS) is 16.4. The van der Waals surface area contributed by atoms with E-state index in [-0.39, 0.29) is 17.8 Å². The molecule has 11 heteroatoms. The SMILES string of the molecule is CC[C@H](C(=O)NCCN1CCOCC1)N(c1cccc([N+](=O)[O-])c1)S(C)(=O)=O. The number of carbonyl (C=O) groups excluding carboxylic acids is 1. The summed E-state index contributed by atoms with van der Waals surface area (Å²) in [4.78, 5) is 25.3. The van der Waals surface area contributed by atoms with E-state index in [4.69, 9.17) is 4.74 Å². The van der Waals surface area contributed by atoms with Crippen LogP contribution in [0.2, 0.25) is 0 Å². The Morgan fingerprint density at radius 2 is 2.07 bits per heavy atom. The Bertz CT molecular complexity index is 795. The van der Waals surface area contributed by atoms with Crippen LogP contribution in [0.1, 0.15) is 13.3 Å². The fraction of sp³-hybridized carbons (Fsp3) is 0.588. The van der Waals surface area contributed by atoms with Crippen LogP contribution in [0.4, 0.5) is 11.4 Å². The maximum Gasteiger partial charge on any atom is 0.271 e. The van der Waals surface area contributed by atoms with Gasteiger partial charge in [0, 0.05) is 38.3 Å². The van der Waals surface area contributed by atoms with Crippen LogP contribution in [-0.2, 0) is 19.6 Å². The maximum absolute atomic E-state index is 12.7. The number of nitrogens with one attached hydrogen (secondary N) is 1. The van der Waals surface area contributed by atoms with E-state index in [1.165, 1.54) is 18.2 Å². The number of amides is 1. The summed E-state index contributed by atoms with van der Waals surface area (Å²) in [5.41, 5.74) is -0.152. The van der Waals surface area contributed by atoms with Crippen LogP contribution in [-0.4, -0.2) is 75.8 Å². The molecule has 1 aromatic rings. The molecule has 0 saturated carbocycles. The zero-order valence-electron chi connectivity index (χ0n) is 16.0. The van der Waals surface area contributed by atoms with Crippen molar-refractivity contribution in [2.45, 2.75) is 19.4 Å². The van der Waals surface area contributed by atoms with E-state index in [9.17, 15) is 23.3 Å². The highest BCUT2D eigenvalue weighted by atomic mass is 32.2. The van der Waals surface area contributed by atoms with E-state index >= 15 is 0 Å². The largest absolute Gasteiger partial charge is 0.379 e. The predicted octanol–water partition coefficient (Wildman–Crippen LogP) is 0.588. The molecule has 1 saturated heterocycles. The van der Waals surface area contributed by atoms with Gasteiger partial charge in [0.15, 0.2) is 0 Å². The summed E-state index contributed by atoms with van der Waals surface area (Å²) in [6.45, 7) is 5.59. The third-order valence-electron chi connectivity index (χ3n) is 4.46. The van der Waals surface area contributed by atoms with E-state index in [1.54, 1.807) is 6.92 Å². The molecule has 0 unspecified atom stereocenters. The van der Waals surface area contributed by atoms with Crippen molar-refractivity contribution in [3.05, 3.63) is 34.4 Å². The fourth-order valence-corrected chi connectivity index (χ4v) is 4.29. The number of carbonyl (C=O) groups is 1. The minimum Gasteiger partial charge on any atom is -0.379 e. The second kappa shape index (κ2) is 9.80. The molecule has 1 heterocycles. The van der Waals surface area contributed by atoms with Gasteiger partial charge in [-0.05, 0) is 12.5 Å². The molecule has 0 spiro atoms. The van der Waals surface area contributed by atoms with Crippen molar-refractivity contribution in [1.29, 1.82) is 0 Å². The number of hydrogen-bond acceptors (Lipinski definition) is 7. The highest BCUT2D eigenvalue weighted by Crippen LogP contribution is 2.26. The topological polar surface area (TPSA) is 122 Å². The summed E-state index contributed by atoms with van der Waals surface area (Å²) in [7, 11) is -3.84. The molecule has 2 rings (SSSR count). The first-order valence-electron chi connectivity index (χ1n) is 9.05. The van der Waals surface area contributed by atoms with Gasteiger partial charge >= 0.3 is 0 Å². The second-order valence-electron chi connectivity index (χ2n) is 6.50. The average molecular weight is 414 g/mol. The zero-order chi connectivity index (χ0) is 20.7. The van der Waals surface area contributed by atoms with Crippen molar-refractivity contribution in [1.82, 2.24) is 10.2 Å². The quantitative estimate of drug-likeness (QED) is 0.463. The molecule has 0 radical (unpaired) electrons. The lowest BCUT2D eigenvalue weighted by Gasteiger charge is -2.30. The van der Waals surface area contributed by atoms with Crippen molar-refractivity contribution >= 4 is 27.3 Å². The van der Waals surface area contributed by atoms with Crippen LogP contribution in [0, 0.1) is 10.1 Å². The molecule has 0 bridgehead atoms. The van der Waals surface area contributed by atoms with Crippen molar-refractivity contribution < 1.29 is 22.9 Å². The Morgan fingerprint density at radius 3 is 2.64 bits per heavy atom. The van der Waals surface area contributed by atoms with Crippen LogP contribution < -0.4 is 9.62 Å². The highest BCUT2D eigenvalue weighted by Gasteiger charge is 2.32. The first kappa shape index (κ1) is 22.1. The summed E-state index contributed by atoms with van der Waals surface area (Å²) in [5, 5.41) is 13.8. The maximum atomic E-state index is 12.7. The van der Waals surface area contributed by atoms with Gasteiger partial charge in [-0.2, -0.15) is 0 Å². The summed E-state index contributed by atoms with van der Waals surface area (Å²) < 4.78 is 31.0. The molecule has 1 atom stereocenters. The van der Waals surface area contributed by atoms with Crippen molar-refractivity contribution in [2.75, 3.05) is 50.0 Å². The van der Waals surface area contributed by atoms with Crippen LogP contribution >= 0.6 is 0 Å². The molecule has 0 aliphatic carbocycles. The molecule has 1 aliphatic heterocycles. The molecule has 156 valence electrons. The van der Waals surface area contributed by atoms with Gasteiger partial charge in [0.25, 0.3) is 5.69 Å². The molecule has 1 aromatic carbocycles. The number of non-ortho nitro benzene ring substituents is 1. The lowest BCUT2D eigenvalue weighted by atomic mass is 10.2. The summed E-state index contributed by atoms with van der Waals surface area (Å²) >= 11 is 0. The second-order valence-corrected chi connectivity index (χ2v) is 8.36. The van der Waals surface area contributed by atoms with Gasteiger partial charge in [-0.3, -0.25) is 24.1 Å². The van der Waals surface area contributed by atoms with Crippen LogP contribution in [0.5, 0.6) is 0 Å². The minimum atomic E-state index is -3.84. The van der Waals surface area contributed by atoms with E-state index in [2.05, 4.69) is 10.2 Å². The van der Waals surface area contributed by atoms with Gasteiger partial charge in [0.2, 0.25) is 15.9 Å². The molecule has 1 fully saturated rings. The lowest BCUT2D eigenvalue weighted by Crippen LogP contribution is -2.50. The molecule has 1 N–H and O–H groups in total. The van der Waals surface area contributed by atoms with Crippen molar-refractivity contribution in [3.63, 3.8) is 0 Å². The highest BCUT2D eigenvalue weighted by molar-refractivity contribution is 7.92. The van der Waals surface area contributed by atoms with Crippen LogP contribution in [0.15, 0.2) is 24.3 Å². The van der Waals surface area contributed by atoms with E-state index in [0.717, 1.165) is 29.7 Å². The Hall–Kier alpha value is -2.24. The molecule has 0 aromatic heterocycles. The van der Waals surface area contributed by atoms with Gasteiger partial charge in [0.1, 0.15) is 6.04 Å². The number of ether oxygens (including phenoxy) is 1. The van der Waals surface area contributed by atoms with Gasteiger partial charge in [-0.15, -0.1) is 0 Å². The first-order chi connectivity index (χ1) is 13.2. The number of anilines is 1. The van der Waals surface area contributed by atoms with Crippen LogP contribution in [0.3, 0.4) is 0 Å². The molecule has 1 aliphatic rings. The van der Waals surface area contributed by atoms with E-state index in [1.807, 2.05) is 0 Å². The number of sulfonamides is 1. The average Bonchev–Trinajstić information content (AvgIpc) is 2.65. The third-order valence-corrected chi connectivity index (χ3v) is 5.64. The predicted molar refractivity (Wildman–Crippen MR) is 105 cm³/mol. The van der Waals surface area contributed by atoms with Crippen molar-refractivity contribution in [3.8, 4) is 0 Å². The molecule has 10 nitrogen and oxygen atoms in total. The first-order valence-corrected chi connectivity index (χ1v) is 10.9. The molecule has 28 heavy (non-hydrogen) atoms. The summed E-state index contributed by atoms with van der Waals surface area (Å²) in [6, 6.07) is 4.27. The van der Waals surface area contributed by atoms with Crippen LogP contribution in [0.25, 0.3) is 0 Å². The van der Waals surface area contributed by atoms with E-state index < -0.39 is 26.9 Å². The molecular weight excluding hydrogens is 388 g/mol. The Labute approximate surface area is 164 Å². The van der Waals surface area contributed by atoms with E-state index in [0.29, 0.717) is 26.3 Å². The number of nitro groups is 1. The van der Waals surface area contributed by atoms with Gasteiger partial charge in [-0.1, -0.05) is 13.0 Å². The number of benzene rings is 1. The third kappa shape index (κ3) is 5.88. The zero-order valence-corrected chi connectivity index (χ0v) is 16.9. The number of rotatable bonds is 9. The Kier molecular flexibility index (Phi) is 7.72. The molecule has 1 amide bonds. The number of hydrogen-bond donors (Lipinski definition) is 1. The number of morpholine rings is 1. The fourth-order valence-electron chi connectivity index (χ4n) is 3.08. The van der Waals surface area contributed by atoms with Gasteiger partial charge < -0.3 is 10.1 Å². The summed E-state index contributed by atoms with van der Waals surface area (Å²) in [5.74, 6) is -0.437. The Morgan fingerprint density at radius 1 is 1.39 bits per heavy atom. The van der Waals surface area contributed by atoms with Crippen molar-refractivity contribution in [2.24, 2.45) is 0 Å². The monoisotopic (exact) mass is 414 g/mol.